The van der Waals surface area contributed by atoms with E-state index in [9.17, 15) is 4.79 Å². The first-order chi connectivity index (χ1) is 12.6. The highest BCUT2D eigenvalue weighted by atomic mass is 79.9. The van der Waals surface area contributed by atoms with E-state index >= 15 is 0 Å². The molecule has 4 nitrogen and oxygen atoms in total. The quantitative estimate of drug-likeness (QED) is 0.586. The van der Waals surface area contributed by atoms with Gasteiger partial charge < -0.3 is 4.42 Å². The summed E-state index contributed by atoms with van der Waals surface area (Å²) in [6.07, 6.45) is 2.23. The molecule has 26 heavy (non-hydrogen) atoms. The standard InChI is InChI=1S/C21H17BrN2O2/c1-14-6-4-7-15(12-14)21(25)24-19(16-8-2-3-9-17(16)22)13-18(23-24)20-10-5-11-26-20/h2-12,19H,13H2,1H3. The molecule has 2 heterocycles. The number of halogens is 1. The van der Waals surface area contributed by atoms with Gasteiger partial charge in [0, 0.05) is 16.5 Å². The number of aryl methyl sites for hydroxylation is 1. The molecule has 0 spiro atoms. The Hall–Kier alpha value is -2.66. The van der Waals surface area contributed by atoms with Crippen molar-refractivity contribution in [2.24, 2.45) is 5.10 Å². The Bertz CT molecular complexity index is 979. The van der Waals surface area contributed by atoms with Gasteiger partial charge in [0.25, 0.3) is 5.91 Å². The second kappa shape index (κ2) is 6.92. The number of benzene rings is 2. The minimum absolute atomic E-state index is 0.115. The lowest BCUT2D eigenvalue weighted by molar-refractivity contribution is 0.0710. The minimum atomic E-state index is -0.182. The molecule has 0 aliphatic carbocycles. The largest absolute Gasteiger partial charge is 0.463 e. The number of carbonyl (C=O) groups excluding carboxylic acids is 1. The second-order valence-electron chi connectivity index (χ2n) is 6.28. The number of amides is 1. The van der Waals surface area contributed by atoms with E-state index in [1.807, 2.05) is 67.6 Å². The van der Waals surface area contributed by atoms with E-state index in [0.717, 1.165) is 21.3 Å². The monoisotopic (exact) mass is 408 g/mol. The summed E-state index contributed by atoms with van der Waals surface area (Å²) in [6.45, 7) is 1.98. The van der Waals surface area contributed by atoms with Crippen LogP contribution in [0.3, 0.4) is 0 Å². The van der Waals surface area contributed by atoms with E-state index in [2.05, 4.69) is 21.0 Å². The maximum atomic E-state index is 13.2. The van der Waals surface area contributed by atoms with Crippen LogP contribution in [0.1, 0.15) is 39.7 Å². The van der Waals surface area contributed by atoms with Gasteiger partial charge >= 0.3 is 0 Å². The number of hydrogen-bond acceptors (Lipinski definition) is 3. The summed E-state index contributed by atoms with van der Waals surface area (Å²) < 4.78 is 6.47. The molecule has 0 saturated carbocycles. The molecule has 1 amide bonds. The lowest BCUT2D eigenvalue weighted by atomic mass is 10.0. The maximum absolute atomic E-state index is 13.2. The third-order valence-corrected chi connectivity index (χ3v) is 5.18. The number of nitrogens with zero attached hydrogens (tertiary/aromatic N) is 2. The normalized spacial score (nSPS) is 16.6. The Balaban J connectivity index is 1.76. The van der Waals surface area contributed by atoms with Gasteiger partial charge in [-0.05, 0) is 42.8 Å². The predicted molar refractivity (Wildman–Crippen MR) is 104 cm³/mol. The molecule has 4 rings (SSSR count). The smallest absolute Gasteiger partial charge is 0.274 e. The fourth-order valence-electron chi connectivity index (χ4n) is 3.19. The Kier molecular flexibility index (Phi) is 4.47. The van der Waals surface area contributed by atoms with Gasteiger partial charge in [-0.25, -0.2) is 5.01 Å². The first-order valence-electron chi connectivity index (χ1n) is 8.39. The second-order valence-corrected chi connectivity index (χ2v) is 7.14. The summed E-state index contributed by atoms with van der Waals surface area (Å²) in [5.74, 6) is 0.581. The number of hydrogen-bond donors (Lipinski definition) is 0. The average Bonchev–Trinajstić information content (AvgIpc) is 3.31. The molecule has 1 atom stereocenters. The molecule has 0 fully saturated rings. The summed E-state index contributed by atoms with van der Waals surface area (Å²) >= 11 is 3.61. The number of furan rings is 1. The summed E-state index contributed by atoms with van der Waals surface area (Å²) in [6, 6.07) is 19.0. The lowest BCUT2D eigenvalue weighted by Gasteiger charge is -2.23. The molecule has 2 aromatic carbocycles. The third-order valence-electron chi connectivity index (χ3n) is 4.45. The Morgan fingerprint density at radius 2 is 2.00 bits per heavy atom. The van der Waals surface area contributed by atoms with E-state index in [1.165, 1.54) is 0 Å². The van der Waals surface area contributed by atoms with Gasteiger partial charge in [-0.1, -0.05) is 51.8 Å². The van der Waals surface area contributed by atoms with E-state index < -0.39 is 0 Å². The van der Waals surface area contributed by atoms with Crippen molar-refractivity contribution in [1.82, 2.24) is 5.01 Å². The maximum Gasteiger partial charge on any atom is 0.274 e. The molecular weight excluding hydrogens is 392 g/mol. The van der Waals surface area contributed by atoms with Crippen LogP contribution in [0.5, 0.6) is 0 Å². The zero-order valence-electron chi connectivity index (χ0n) is 14.2. The van der Waals surface area contributed by atoms with Crippen molar-refractivity contribution in [3.05, 3.63) is 93.9 Å². The van der Waals surface area contributed by atoms with Crippen LogP contribution in [0, 0.1) is 6.92 Å². The summed E-state index contributed by atoms with van der Waals surface area (Å²) in [5.41, 5.74) is 3.48. The van der Waals surface area contributed by atoms with Gasteiger partial charge in [-0.15, -0.1) is 0 Å². The van der Waals surface area contributed by atoms with E-state index in [1.54, 1.807) is 11.3 Å². The molecule has 1 aliphatic rings. The summed E-state index contributed by atoms with van der Waals surface area (Å²) in [7, 11) is 0. The van der Waals surface area contributed by atoms with Crippen LogP contribution in [0.4, 0.5) is 0 Å². The van der Waals surface area contributed by atoms with Crippen molar-refractivity contribution >= 4 is 27.5 Å². The molecule has 5 heteroatoms. The van der Waals surface area contributed by atoms with Gasteiger partial charge in [0.2, 0.25) is 0 Å². The van der Waals surface area contributed by atoms with E-state index in [-0.39, 0.29) is 11.9 Å². The third kappa shape index (κ3) is 3.10. The molecule has 1 aromatic heterocycles. The highest BCUT2D eigenvalue weighted by molar-refractivity contribution is 9.10. The van der Waals surface area contributed by atoms with Crippen molar-refractivity contribution in [3.63, 3.8) is 0 Å². The minimum Gasteiger partial charge on any atom is -0.463 e. The predicted octanol–water partition coefficient (Wildman–Crippen LogP) is 5.34. The van der Waals surface area contributed by atoms with E-state index in [4.69, 9.17) is 4.42 Å². The van der Waals surface area contributed by atoms with Crippen molar-refractivity contribution in [1.29, 1.82) is 0 Å². The van der Waals surface area contributed by atoms with Crippen LogP contribution >= 0.6 is 15.9 Å². The zero-order chi connectivity index (χ0) is 18.1. The molecule has 0 bridgehead atoms. The Morgan fingerprint density at radius 3 is 2.73 bits per heavy atom. The highest BCUT2D eigenvalue weighted by Gasteiger charge is 2.35. The molecule has 1 aliphatic heterocycles. The highest BCUT2D eigenvalue weighted by Crippen LogP contribution is 2.37. The van der Waals surface area contributed by atoms with Crippen molar-refractivity contribution < 1.29 is 9.21 Å². The van der Waals surface area contributed by atoms with Gasteiger partial charge in [0.15, 0.2) is 0 Å². The number of carbonyl (C=O) groups is 1. The van der Waals surface area contributed by atoms with E-state index in [0.29, 0.717) is 17.7 Å². The van der Waals surface area contributed by atoms with Crippen LogP contribution in [-0.2, 0) is 0 Å². The van der Waals surface area contributed by atoms with Crippen LogP contribution in [0.15, 0.2) is 80.9 Å². The molecular formula is C21H17BrN2O2. The average molecular weight is 409 g/mol. The van der Waals surface area contributed by atoms with Gasteiger partial charge in [0.1, 0.15) is 11.5 Å². The fourth-order valence-corrected chi connectivity index (χ4v) is 3.74. The van der Waals surface area contributed by atoms with Gasteiger partial charge in [-0.2, -0.15) is 5.10 Å². The fraction of sp³-hybridized carbons (Fsp3) is 0.143. The molecule has 130 valence electrons. The molecule has 1 unspecified atom stereocenters. The summed E-state index contributed by atoms with van der Waals surface area (Å²) in [5, 5.41) is 6.20. The first-order valence-corrected chi connectivity index (χ1v) is 9.19. The molecule has 0 radical (unpaired) electrons. The van der Waals surface area contributed by atoms with Crippen LogP contribution in [0.2, 0.25) is 0 Å². The SMILES string of the molecule is Cc1cccc(C(=O)N2N=C(c3ccco3)CC2c2ccccc2Br)c1. The number of rotatable bonds is 3. The van der Waals surface area contributed by atoms with Crippen LogP contribution in [0.25, 0.3) is 0 Å². The molecule has 3 aromatic rings. The van der Waals surface area contributed by atoms with Crippen molar-refractivity contribution in [2.45, 2.75) is 19.4 Å². The molecule has 0 saturated heterocycles. The van der Waals surface area contributed by atoms with Gasteiger partial charge in [0.05, 0.1) is 12.3 Å². The topological polar surface area (TPSA) is 45.8 Å². The number of hydrazone groups is 1. The first kappa shape index (κ1) is 16.8. The summed E-state index contributed by atoms with van der Waals surface area (Å²) in [4.78, 5) is 13.2. The Morgan fingerprint density at radius 1 is 1.15 bits per heavy atom. The van der Waals surface area contributed by atoms with Crippen molar-refractivity contribution in [3.8, 4) is 0 Å². The van der Waals surface area contributed by atoms with Crippen LogP contribution in [-0.4, -0.2) is 16.6 Å². The lowest BCUT2D eigenvalue weighted by Crippen LogP contribution is -2.27. The van der Waals surface area contributed by atoms with Crippen LogP contribution < -0.4 is 0 Å². The van der Waals surface area contributed by atoms with Gasteiger partial charge in [-0.3, -0.25) is 4.79 Å². The van der Waals surface area contributed by atoms with Crippen molar-refractivity contribution in [2.75, 3.05) is 0 Å². The zero-order valence-corrected chi connectivity index (χ0v) is 15.8. The Labute approximate surface area is 160 Å². The molecule has 0 N–H and O–H groups in total.